The van der Waals surface area contributed by atoms with Gasteiger partial charge in [0, 0.05) is 0 Å². The number of ether oxygens (including phenoxy) is 1. The van der Waals surface area contributed by atoms with Gasteiger partial charge in [0.2, 0.25) is 0 Å². The number of carbonyl (C=O) groups is 1. The van der Waals surface area contributed by atoms with Gasteiger partial charge in [-0.05, 0) is 54.0 Å². The molecule has 0 bridgehead atoms. The van der Waals surface area contributed by atoms with Gasteiger partial charge in [-0.15, -0.1) is 0 Å². The van der Waals surface area contributed by atoms with Crippen LogP contribution in [-0.2, 0) is 17.8 Å². The van der Waals surface area contributed by atoms with E-state index in [0.29, 0.717) is 12.5 Å². The number of rotatable bonds is 7. The zero-order valence-corrected chi connectivity index (χ0v) is 12.6. The highest BCUT2D eigenvalue weighted by Crippen LogP contribution is 2.35. The normalized spacial score (nSPS) is 14.6. The van der Waals surface area contributed by atoms with E-state index in [9.17, 15) is 4.79 Å². The number of benzene rings is 2. The van der Waals surface area contributed by atoms with Gasteiger partial charge in [0.1, 0.15) is 18.6 Å². The van der Waals surface area contributed by atoms with Crippen molar-refractivity contribution in [2.75, 3.05) is 0 Å². The lowest BCUT2D eigenvalue weighted by molar-refractivity contribution is -0.105. The van der Waals surface area contributed by atoms with Crippen molar-refractivity contribution in [2.45, 2.75) is 25.9 Å². The number of aldehydes is 1. The van der Waals surface area contributed by atoms with Crippen molar-refractivity contribution in [1.29, 1.82) is 0 Å². The van der Waals surface area contributed by atoms with Crippen LogP contribution in [0.25, 0.3) is 0 Å². The summed E-state index contributed by atoms with van der Waals surface area (Å²) in [5.74, 6) is 1.39. The summed E-state index contributed by atoms with van der Waals surface area (Å²) in [6.45, 7) is 0.580. The van der Waals surface area contributed by atoms with E-state index in [1.165, 1.54) is 5.56 Å². The molecule has 0 N–H and O–H groups in total. The summed E-state index contributed by atoms with van der Waals surface area (Å²) < 4.78 is 5.77. The molecule has 0 atom stereocenters. The molecule has 1 fully saturated rings. The number of allylic oxidation sites excluding steroid dienone is 2. The molecule has 0 aliphatic heterocycles. The van der Waals surface area contributed by atoms with Crippen LogP contribution in [0.3, 0.4) is 0 Å². The molecule has 2 heteroatoms. The second-order valence-electron chi connectivity index (χ2n) is 5.72. The molecular weight excluding hydrogens is 272 g/mol. The lowest BCUT2D eigenvalue weighted by Crippen LogP contribution is -1.95. The fourth-order valence-corrected chi connectivity index (χ4v) is 2.43. The van der Waals surface area contributed by atoms with Crippen molar-refractivity contribution < 1.29 is 9.53 Å². The Balaban J connectivity index is 1.54. The maximum atomic E-state index is 11.0. The zero-order chi connectivity index (χ0) is 15.2. The summed E-state index contributed by atoms with van der Waals surface area (Å²) in [5, 5.41) is 0. The fourth-order valence-electron chi connectivity index (χ4n) is 2.43. The van der Waals surface area contributed by atoms with Gasteiger partial charge < -0.3 is 4.74 Å². The molecule has 2 aromatic carbocycles. The Hall–Kier alpha value is -2.35. The van der Waals surface area contributed by atoms with E-state index in [1.54, 1.807) is 0 Å². The predicted octanol–water partition coefficient (Wildman–Crippen LogP) is 4.34. The zero-order valence-electron chi connectivity index (χ0n) is 12.6. The van der Waals surface area contributed by atoms with Gasteiger partial charge in [0.05, 0.1) is 0 Å². The van der Waals surface area contributed by atoms with Gasteiger partial charge in [-0.25, -0.2) is 0 Å². The standard InChI is InChI=1S/C20H20O2/c21-14-19(18-10-11-18)9-6-16-7-12-20(13-8-16)22-15-17-4-2-1-3-5-17/h1-5,7-9,12-14,18H,6,10-11,15H2/b19-9-. The van der Waals surface area contributed by atoms with Crippen LogP contribution in [0.5, 0.6) is 5.75 Å². The molecule has 2 aromatic rings. The summed E-state index contributed by atoms with van der Waals surface area (Å²) in [6, 6.07) is 18.2. The average molecular weight is 292 g/mol. The Morgan fingerprint density at radius 3 is 2.36 bits per heavy atom. The van der Waals surface area contributed by atoms with E-state index in [2.05, 4.69) is 30.3 Å². The quantitative estimate of drug-likeness (QED) is 0.560. The second-order valence-corrected chi connectivity index (χ2v) is 5.72. The minimum Gasteiger partial charge on any atom is -0.489 e. The van der Waals surface area contributed by atoms with E-state index < -0.39 is 0 Å². The minimum atomic E-state index is 0.519. The first-order valence-electron chi connectivity index (χ1n) is 7.76. The Bertz CT molecular complexity index is 637. The highest BCUT2D eigenvalue weighted by atomic mass is 16.5. The van der Waals surface area contributed by atoms with Crippen LogP contribution in [0.1, 0.15) is 24.0 Å². The first-order valence-corrected chi connectivity index (χ1v) is 7.76. The van der Waals surface area contributed by atoms with E-state index in [4.69, 9.17) is 4.74 Å². The van der Waals surface area contributed by atoms with Crippen LogP contribution in [0.15, 0.2) is 66.2 Å². The third-order valence-electron chi connectivity index (χ3n) is 3.93. The minimum absolute atomic E-state index is 0.519. The molecule has 0 amide bonds. The summed E-state index contributed by atoms with van der Waals surface area (Å²) in [5.41, 5.74) is 3.33. The van der Waals surface area contributed by atoms with E-state index in [0.717, 1.165) is 42.4 Å². The van der Waals surface area contributed by atoms with Gasteiger partial charge in [-0.1, -0.05) is 48.5 Å². The molecule has 0 spiro atoms. The monoisotopic (exact) mass is 292 g/mol. The van der Waals surface area contributed by atoms with Crippen LogP contribution in [0.2, 0.25) is 0 Å². The van der Waals surface area contributed by atoms with Crippen LogP contribution >= 0.6 is 0 Å². The summed E-state index contributed by atoms with van der Waals surface area (Å²) in [6.07, 6.45) is 6.21. The molecule has 1 aliphatic carbocycles. The van der Waals surface area contributed by atoms with Crippen LogP contribution in [-0.4, -0.2) is 6.29 Å². The van der Waals surface area contributed by atoms with Crippen LogP contribution in [0.4, 0.5) is 0 Å². The Labute approximate surface area is 131 Å². The van der Waals surface area contributed by atoms with E-state index in [1.807, 2.05) is 30.3 Å². The summed E-state index contributed by atoms with van der Waals surface area (Å²) in [7, 11) is 0. The lowest BCUT2D eigenvalue weighted by Gasteiger charge is -2.07. The van der Waals surface area contributed by atoms with Gasteiger partial charge in [0.25, 0.3) is 0 Å². The lowest BCUT2D eigenvalue weighted by atomic mass is 10.1. The highest BCUT2D eigenvalue weighted by molar-refractivity contribution is 5.74. The molecule has 0 heterocycles. The van der Waals surface area contributed by atoms with Crippen molar-refractivity contribution in [3.05, 3.63) is 77.4 Å². The van der Waals surface area contributed by atoms with Gasteiger partial charge in [-0.3, -0.25) is 4.79 Å². The summed E-state index contributed by atoms with van der Waals surface area (Å²) in [4.78, 5) is 11.0. The smallest absolute Gasteiger partial charge is 0.145 e. The molecule has 0 saturated heterocycles. The van der Waals surface area contributed by atoms with E-state index in [-0.39, 0.29) is 0 Å². The number of carbonyl (C=O) groups excluding carboxylic acids is 1. The van der Waals surface area contributed by atoms with E-state index >= 15 is 0 Å². The maximum absolute atomic E-state index is 11.0. The third-order valence-corrected chi connectivity index (χ3v) is 3.93. The summed E-state index contributed by atoms with van der Waals surface area (Å²) >= 11 is 0. The molecule has 0 aromatic heterocycles. The molecule has 0 unspecified atom stereocenters. The van der Waals surface area contributed by atoms with Crippen molar-refractivity contribution >= 4 is 6.29 Å². The molecule has 0 radical (unpaired) electrons. The van der Waals surface area contributed by atoms with Gasteiger partial charge >= 0.3 is 0 Å². The number of hydrogen-bond acceptors (Lipinski definition) is 2. The van der Waals surface area contributed by atoms with Crippen molar-refractivity contribution in [3.8, 4) is 5.75 Å². The first-order chi connectivity index (χ1) is 10.8. The molecule has 112 valence electrons. The Morgan fingerprint density at radius 2 is 1.73 bits per heavy atom. The molecule has 2 nitrogen and oxygen atoms in total. The first kappa shape index (κ1) is 14.6. The topological polar surface area (TPSA) is 26.3 Å². The van der Waals surface area contributed by atoms with Gasteiger partial charge in [-0.2, -0.15) is 0 Å². The van der Waals surface area contributed by atoms with Crippen molar-refractivity contribution in [1.82, 2.24) is 0 Å². The third kappa shape index (κ3) is 4.08. The van der Waals surface area contributed by atoms with Crippen molar-refractivity contribution in [2.24, 2.45) is 5.92 Å². The Morgan fingerprint density at radius 1 is 1.00 bits per heavy atom. The second kappa shape index (κ2) is 7.08. The molecule has 1 aliphatic rings. The predicted molar refractivity (Wildman–Crippen MR) is 87.8 cm³/mol. The van der Waals surface area contributed by atoms with Crippen LogP contribution < -0.4 is 4.74 Å². The maximum Gasteiger partial charge on any atom is 0.145 e. The molecular formula is C20H20O2. The largest absolute Gasteiger partial charge is 0.489 e. The van der Waals surface area contributed by atoms with Crippen LogP contribution in [0, 0.1) is 5.92 Å². The highest BCUT2D eigenvalue weighted by Gasteiger charge is 2.25. The fraction of sp³-hybridized carbons (Fsp3) is 0.250. The Kier molecular flexibility index (Phi) is 4.69. The number of hydrogen-bond donors (Lipinski definition) is 0. The molecule has 3 rings (SSSR count). The molecule has 1 saturated carbocycles. The molecule has 22 heavy (non-hydrogen) atoms. The van der Waals surface area contributed by atoms with Gasteiger partial charge in [0.15, 0.2) is 0 Å². The van der Waals surface area contributed by atoms with Crippen molar-refractivity contribution in [3.63, 3.8) is 0 Å². The average Bonchev–Trinajstić information content (AvgIpc) is 3.41. The SMILES string of the molecule is O=C/C(=C/Cc1ccc(OCc2ccccc2)cc1)C1CC1.